The number of hydrogen-bond donors (Lipinski definition) is 0. The Morgan fingerprint density at radius 2 is 1.91 bits per heavy atom. The average Bonchev–Trinajstić information content (AvgIpc) is 2.63. The lowest BCUT2D eigenvalue weighted by Gasteiger charge is -2.24. The Morgan fingerprint density at radius 3 is 2.36 bits per heavy atom. The molecule has 0 amide bonds. The monoisotopic (exact) mass is 152 g/mol. The fourth-order valence-electron chi connectivity index (χ4n) is 2.60. The van der Waals surface area contributed by atoms with E-state index in [9.17, 15) is 0 Å². The molecular weight excluding hydrogens is 140 g/mol. The maximum Gasteiger partial charge on any atom is 0.283 e. The highest BCUT2D eigenvalue weighted by atomic mass is 16.6. The van der Waals surface area contributed by atoms with Crippen molar-refractivity contribution in [3.63, 3.8) is 0 Å². The standard InChI is InChI=1S/C8H12N2O/c1-3-8(11-7-9-10-7)4-2-6(1)5-8/h6-7H,1-5H2. The van der Waals surface area contributed by atoms with Gasteiger partial charge in [-0.05, 0) is 38.0 Å². The predicted molar refractivity (Wildman–Crippen MR) is 39.0 cm³/mol. The fraction of sp³-hybridized carbons (Fsp3) is 1.00. The van der Waals surface area contributed by atoms with Crippen molar-refractivity contribution >= 4 is 0 Å². The van der Waals surface area contributed by atoms with Crippen LogP contribution in [0.25, 0.3) is 0 Å². The van der Waals surface area contributed by atoms with Gasteiger partial charge in [-0.25, -0.2) is 0 Å². The zero-order valence-corrected chi connectivity index (χ0v) is 6.49. The van der Waals surface area contributed by atoms with E-state index < -0.39 is 0 Å². The summed E-state index contributed by atoms with van der Waals surface area (Å²) in [5, 5.41) is 7.56. The molecule has 0 unspecified atom stereocenters. The van der Waals surface area contributed by atoms with Gasteiger partial charge < -0.3 is 4.74 Å². The minimum Gasteiger partial charge on any atom is -0.329 e. The van der Waals surface area contributed by atoms with Crippen molar-refractivity contribution in [3.05, 3.63) is 0 Å². The Balaban J connectivity index is 1.72. The van der Waals surface area contributed by atoms with Crippen LogP contribution in [-0.2, 0) is 4.74 Å². The molecule has 3 nitrogen and oxygen atoms in total. The van der Waals surface area contributed by atoms with Crippen molar-refractivity contribution in [1.29, 1.82) is 0 Å². The second-order valence-corrected chi connectivity index (χ2v) is 4.01. The first-order valence-corrected chi connectivity index (χ1v) is 4.44. The van der Waals surface area contributed by atoms with Crippen LogP contribution in [0.4, 0.5) is 0 Å². The molecule has 2 aliphatic carbocycles. The third-order valence-corrected chi connectivity index (χ3v) is 3.24. The number of ether oxygens (including phenoxy) is 1. The lowest BCUT2D eigenvalue weighted by molar-refractivity contribution is -0.0552. The van der Waals surface area contributed by atoms with Gasteiger partial charge in [-0.1, -0.05) is 0 Å². The van der Waals surface area contributed by atoms with Crippen LogP contribution in [0.2, 0.25) is 0 Å². The largest absolute Gasteiger partial charge is 0.329 e. The van der Waals surface area contributed by atoms with E-state index >= 15 is 0 Å². The summed E-state index contributed by atoms with van der Waals surface area (Å²) in [5.41, 5.74) is 0.207. The molecule has 1 aliphatic heterocycles. The van der Waals surface area contributed by atoms with Crippen LogP contribution in [0.15, 0.2) is 10.2 Å². The molecule has 0 aromatic heterocycles. The summed E-state index contributed by atoms with van der Waals surface area (Å²) in [5.74, 6) is 0.953. The van der Waals surface area contributed by atoms with E-state index in [2.05, 4.69) is 10.2 Å². The molecule has 3 aliphatic rings. The van der Waals surface area contributed by atoms with Crippen molar-refractivity contribution in [3.8, 4) is 0 Å². The Kier molecular flexibility index (Phi) is 1.02. The lowest BCUT2D eigenvalue weighted by atomic mass is 9.97. The first-order valence-electron chi connectivity index (χ1n) is 4.44. The van der Waals surface area contributed by atoms with Gasteiger partial charge in [-0.3, -0.25) is 0 Å². The van der Waals surface area contributed by atoms with Gasteiger partial charge >= 0.3 is 0 Å². The molecule has 2 saturated carbocycles. The maximum atomic E-state index is 5.77. The van der Waals surface area contributed by atoms with Gasteiger partial charge in [0.25, 0.3) is 6.35 Å². The minimum atomic E-state index is -0.0770. The Morgan fingerprint density at radius 1 is 1.18 bits per heavy atom. The number of fused-ring (bicyclic) bond motifs is 2. The van der Waals surface area contributed by atoms with Crippen LogP contribution in [0, 0.1) is 5.92 Å². The summed E-state index contributed by atoms with van der Waals surface area (Å²) in [6, 6.07) is 0. The summed E-state index contributed by atoms with van der Waals surface area (Å²) in [6.07, 6.45) is 6.43. The molecule has 0 N–H and O–H groups in total. The highest BCUT2D eigenvalue weighted by Crippen LogP contribution is 2.51. The van der Waals surface area contributed by atoms with E-state index in [0.717, 1.165) is 5.92 Å². The highest BCUT2D eigenvalue weighted by molar-refractivity contribution is 4.98. The van der Waals surface area contributed by atoms with Crippen LogP contribution < -0.4 is 0 Å². The van der Waals surface area contributed by atoms with Gasteiger partial charge in [0.2, 0.25) is 0 Å². The van der Waals surface area contributed by atoms with Crippen molar-refractivity contribution in [2.24, 2.45) is 16.1 Å². The zero-order chi connectivity index (χ0) is 7.31. The van der Waals surface area contributed by atoms with E-state index in [0.29, 0.717) is 0 Å². The normalized spacial score (nSPS) is 47.1. The summed E-state index contributed by atoms with van der Waals surface area (Å²) in [4.78, 5) is 0. The van der Waals surface area contributed by atoms with Gasteiger partial charge in [0, 0.05) is 0 Å². The SMILES string of the molecule is C1CC2(OC3N=N3)CCC1C2. The molecule has 0 saturated heterocycles. The first-order chi connectivity index (χ1) is 5.36. The predicted octanol–water partition coefficient (Wildman–Crippen LogP) is 2.09. The molecule has 0 atom stereocenters. The topological polar surface area (TPSA) is 34.0 Å². The van der Waals surface area contributed by atoms with Gasteiger partial charge in [0.15, 0.2) is 0 Å². The second kappa shape index (κ2) is 1.83. The van der Waals surface area contributed by atoms with E-state index in [4.69, 9.17) is 4.74 Å². The second-order valence-electron chi connectivity index (χ2n) is 4.01. The lowest BCUT2D eigenvalue weighted by Crippen LogP contribution is -2.27. The highest BCUT2D eigenvalue weighted by Gasteiger charge is 2.48. The molecule has 0 radical (unpaired) electrons. The zero-order valence-electron chi connectivity index (χ0n) is 6.49. The fourth-order valence-corrected chi connectivity index (χ4v) is 2.60. The average molecular weight is 152 g/mol. The summed E-state index contributed by atoms with van der Waals surface area (Å²) in [6.45, 7) is 0. The number of rotatable bonds is 2. The van der Waals surface area contributed by atoms with Crippen LogP contribution >= 0.6 is 0 Å². The van der Waals surface area contributed by atoms with E-state index in [1.165, 1.54) is 32.1 Å². The molecule has 11 heavy (non-hydrogen) atoms. The van der Waals surface area contributed by atoms with Crippen LogP contribution in [-0.4, -0.2) is 12.0 Å². The maximum absolute atomic E-state index is 5.77. The summed E-state index contributed by atoms with van der Waals surface area (Å²) >= 11 is 0. The van der Waals surface area contributed by atoms with Crippen molar-refractivity contribution in [2.45, 2.75) is 44.1 Å². The van der Waals surface area contributed by atoms with Gasteiger partial charge in [-0.15, -0.1) is 10.2 Å². The molecule has 0 aromatic rings. The molecule has 2 bridgehead atoms. The Labute approximate surface area is 65.8 Å². The third kappa shape index (κ3) is 0.906. The van der Waals surface area contributed by atoms with E-state index in [-0.39, 0.29) is 12.0 Å². The molecule has 0 aromatic carbocycles. The minimum absolute atomic E-state index is 0.0770. The van der Waals surface area contributed by atoms with Crippen molar-refractivity contribution in [2.75, 3.05) is 0 Å². The molecule has 3 heteroatoms. The quantitative estimate of drug-likeness (QED) is 0.596. The molecule has 0 spiro atoms. The van der Waals surface area contributed by atoms with E-state index in [1.807, 2.05) is 0 Å². The Hall–Kier alpha value is -0.440. The molecule has 60 valence electrons. The van der Waals surface area contributed by atoms with Crippen molar-refractivity contribution < 1.29 is 4.74 Å². The van der Waals surface area contributed by atoms with Gasteiger partial charge in [0.1, 0.15) is 0 Å². The van der Waals surface area contributed by atoms with Crippen molar-refractivity contribution in [1.82, 2.24) is 0 Å². The number of nitrogens with zero attached hydrogens (tertiary/aromatic N) is 2. The summed E-state index contributed by atoms with van der Waals surface area (Å²) < 4.78 is 5.77. The van der Waals surface area contributed by atoms with E-state index in [1.54, 1.807) is 0 Å². The Bertz CT molecular complexity index is 200. The molecule has 3 rings (SSSR count). The van der Waals surface area contributed by atoms with Gasteiger partial charge in [-0.2, -0.15) is 0 Å². The van der Waals surface area contributed by atoms with Crippen LogP contribution in [0.5, 0.6) is 0 Å². The molecule has 2 fully saturated rings. The molecular formula is C8H12N2O. The van der Waals surface area contributed by atoms with Crippen LogP contribution in [0.1, 0.15) is 32.1 Å². The van der Waals surface area contributed by atoms with Crippen LogP contribution in [0.3, 0.4) is 0 Å². The summed E-state index contributed by atoms with van der Waals surface area (Å²) in [7, 11) is 0. The number of hydrogen-bond acceptors (Lipinski definition) is 3. The third-order valence-electron chi connectivity index (χ3n) is 3.24. The smallest absolute Gasteiger partial charge is 0.283 e. The first kappa shape index (κ1) is 6.12. The molecule has 1 heterocycles. The van der Waals surface area contributed by atoms with Gasteiger partial charge in [0.05, 0.1) is 5.60 Å².